The van der Waals surface area contributed by atoms with Crippen molar-refractivity contribution in [2.24, 2.45) is 0 Å². The summed E-state index contributed by atoms with van der Waals surface area (Å²) in [5.74, 6) is -0.183. The Morgan fingerprint density at radius 1 is 1.36 bits per heavy atom. The maximum atomic E-state index is 12.1. The van der Waals surface area contributed by atoms with E-state index >= 15 is 0 Å². The molecule has 3 aromatic rings. The zero-order valence-corrected chi connectivity index (χ0v) is 14.5. The number of carbonyl (C=O) groups is 1. The average Bonchev–Trinajstić information content (AvgIpc) is 3.25. The molecule has 0 bridgehead atoms. The fourth-order valence-corrected chi connectivity index (χ4v) is 3.10. The molecule has 2 heterocycles. The first-order valence-corrected chi connectivity index (χ1v) is 8.70. The Morgan fingerprint density at radius 3 is 2.88 bits per heavy atom. The number of aryl methyl sites for hydroxylation is 1. The lowest BCUT2D eigenvalue weighted by Crippen LogP contribution is -2.19. The van der Waals surface area contributed by atoms with Gasteiger partial charge < -0.3 is 5.32 Å². The van der Waals surface area contributed by atoms with Crippen LogP contribution in [0.4, 0.5) is 5.13 Å². The molecule has 126 valence electrons. The number of hydrogen-bond acceptors (Lipinski definition) is 6. The van der Waals surface area contributed by atoms with Gasteiger partial charge in [-0.15, -0.1) is 21.5 Å². The Labute approximate surface area is 149 Å². The highest BCUT2D eigenvalue weighted by Crippen LogP contribution is 2.25. The Bertz CT molecular complexity index is 906. The largest absolute Gasteiger partial charge is 0.300 e. The number of thiazole rings is 1. The van der Waals surface area contributed by atoms with Crippen LogP contribution in [0.15, 0.2) is 36.0 Å². The van der Waals surface area contributed by atoms with E-state index in [1.54, 1.807) is 0 Å². The standard InChI is InChI=1S/C17H16N6OS/c1-2-3-12-4-6-13(7-5-12)14-10-25-17(20-14)21-16(24)9-23-11-19-22-15(23)8-18/h4-7,10-11H,2-3,9H2,1H3,(H,20,21,24). The van der Waals surface area contributed by atoms with E-state index in [1.165, 1.54) is 27.8 Å². The molecule has 2 aromatic heterocycles. The highest BCUT2D eigenvalue weighted by molar-refractivity contribution is 7.14. The first-order chi connectivity index (χ1) is 12.2. The van der Waals surface area contributed by atoms with Crippen LogP contribution in [0.25, 0.3) is 11.3 Å². The van der Waals surface area contributed by atoms with Crippen LogP contribution in [-0.4, -0.2) is 25.7 Å². The topological polar surface area (TPSA) is 96.5 Å². The number of carbonyl (C=O) groups excluding carboxylic acids is 1. The summed E-state index contributed by atoms with van der Waals surface area (Å²) in [6.45, 7) is 2.12. The van der Waals surface area contributed by atoms with Gasteiger partial charge in [-0.2, -0.15) is 5.26 Å². The number of benzene rings is 1. The zero-order chi connectivity index (χ0) is 17.6. The van der Waals surface area contributed by atoms with Gasteiger partial charge >= 0.3 is 0 Å². The molecular formula is C17H16N6OS. The lowest BCUT2D eigenvalue weighted by atomic mass is 10.1. The van der Waals surface area contributed by atoms with Gasteiger partial charge in [0.2, 0.25) is 11.7 Å². The van der Waals surface area contributed by atoms with Gasteiger partial charge in [0, 0.05) is 10.9 Å². The normalized spacial score (nSPS) is 10.4. The van der Waals surface area contributed by atoms with E-state index in [-0.39, 0.29) is 18.3 Å². The summed E-state index contributed by atoms with van der Waals surface area (Å²) in [5.41, 5.74) is 3.14. The molecule has 25 heavy (non-hydrogen) atoms. The Hall–Kier alpha value is -3.05. The maximum Gasteiger partial charge on any atom is 0.246 e. The van der Waals surface area contributed by atoms with Crippen molar-refractivity contribution in [1.82, 2.24) is 19.7 Å². The van der Waals surface area contributed by atoms with Gasteiger partial charge in [-0.3, -0.25) is 9.36 Å². The van der Waals surface area contributed by atoms with Crippen molar-refractivity contribution in [3.8, 4) is 17.3 Å². The highest BCUT2D eigenvalue weighted by Gasteiger charge is 2.11. The number of amides is 1. The van der Waals surface area contributed by atoms with Crippen LogP contribution in [-0.2, 0) is 17.8 Å². The quantitative estimate of drug-likeness (QED) is 0.736. The van der Waals surface area contributed by atoms with Gasteiger partial charge in [0.1, 0.15) is 18.9 Å². The molecule has 0 aliphatic heterocycles. The molecule has 1 N–H and O–H groups in total. The third-order valence-corrected chi connectivity index (χ3v) is 4.33. The molecule has 7 nitrogen and oxygen atoms in total. The SMILES string of the molecule is CCCc1ccc(-c2csc(NC(=O)Cn3cnnc3C#N)n2)cc1. The molecule has 0 atom stereocenters. The third-order valence-electron chi connectivity index (χ3n) is 3.57. The van der Waals surface area contributed by atoms with E-state index in [4.69, 9.17) is 5.26 Å². The predicted molar refractivity (Wildman–Crippen MR) is 94.9 cm³/mol. The summed E-state index contributed by atoms with van der Waals surface area (Å²) in [7, 11) is 0. The number of rotatable bonds is 6. The molecule has 0 aliphatic carbocycles. The molecular weight excluding hydrogens is 336 g/mol. The van der Waals surface area contributed by atoms with Crippen molar-refractivity contribution >= 4 is 22.4 Å². The Kier molecular flexibility index (Phi) is 5.16. The summed E-state index contributed by atoms with van der Waals surface area (Å²) in [6, 6.07) is 10.2. The number of anilines is 1. The number of aromatic nitrogens is 4. The van der Waals surface area contributed by atoms with Crippen LogP contribution >= 0.6 is 11.3 Å². The van der Waals surface area contributed by atoms with E-state index in [1.807, 2.05) is 23.6 Å². The van der Waals surface area contributed by atoms with E-state index in [0.717, 1.165) is 24.1 Å². The maximum absolute atomic E-state index is 12.1. The van der Waals surface area contributed by atoms with Gasteiger partial charge in [-0.1, -0.05) is 37.6 Å². The smallest absolute Gasteiger partial charge is 0.246 e. The number of nitriles is 1. The van der Waals surface area contributed by atoms with E-state index < -0.39 is 0 Å². The fourth-order valence-electron chi connectivity index (χ4n) is 2.37. The fraction of sp³-hybridized carbons (Fsp3) is 0.235. The molecule has 0 aliphatic rings. The number of hydrogen-bond donors (Lipinski definition) is 1. The van der Waals surface area contributed by atoms with Crippen molar-refractivity contribution in [3.63, 3.8) is 0 Å². The lowest BCUT2D eigenvalue weighted by Gasteiger charge is -2.03. The average molecular weight is 352 g/mol. The second kappa shape index (κ2) is 7.68. The molecule has 0 fully saturated rings. The van der Waals surface area contributed by atoms with Crippen LogP contribution in [0.2, 0.25) is 0 Å². The third kappa shape index (κ3) is 4.08. The molecule has 0 radical (unpaired) electrons. The summed E-state index contributed by atoms with van der Waals surface area (Å²) in [4.78, 5) is 16.5. The molecule has 3 rings (SSSR count). The monoisotopic (exact) mass is 352 g/mol. The number of nitrogens with one attached hydrogen (secondary N) is 1. The van der Waals surface area contributed by atoms with E-state index in [9.17, 15) is 4.79 Å². The summed E-state index contributed by atoms with van der Waals surface area (Å²) >= 11 is 1.36. The number of nitrogens with zero attached hydrogens (tertiary/aromatic N) is 5. The van der Waals surface area contributed by atoms with Crippen molar-refractivity contribution in [3.05, 3.63) is 47.4 Å². The lowest BCUT2D eigenvalue weighted by molar-refractivity contribution is -0.116. The second-order valence-corrected chi connectivity index (χ2v) is 6.29. The van der Waals surface area contributed by atoms with Gasteiger partial charge in [0.15, 0.2) is 5.13 Å². The molecule has 8 heteroatoms. The Balaban J connectivity index is 1.65. The van der Waals surface area contributed by atoms with Crippen molar-refractivity contribution < 1.29 is 4.79 Å². The van der Waals surface area contributed by atoms with Crippen LogP contribution < -0.4 is 5.32 Å². The van der Waals surface area contributed by atoms with Crippen molar-refractivity contribution in [2.45, 2.75) is 26.3 Å². The molecule has 0 saturated carbocycles. The zero-order valence-electron chi connectivity index (χ0n) is 13.6. The molecule has 0 unspecified atom stereocenters. The summed E-state index contributed by atoms with van der Waals surface area (Å²) in [5, 5.41) is 21.3. The van der Waals surface area contributed by atoms with Crippen molar-refractivity contribution in [2.75, 3.05) is 5.32 Å². The molecule has 0 saturated heterocycles. The van der Waals surface area contributed by atoms with Crippen molar-refractivity contribution in [1.29, 1.82) is 5.26 Å². The molecule has 0 spiro atoms. The van der Waals surface area contributed by atoms with Crippen LogP contribution in [0, 0.1) is 11.3 Å². The van der Waals surface area contributed by atoms with Crippen LogP contribution in [0.5, 0.6) is 0 Å². The van der Waals surface area contributed by atoms with Gasteiger partial charge in [0.25, 0.3) is 0 Å². The molecule has 1 amide bonds. The first-order valence-electron chi connectivity index (χ1n) is 7.82. The van der Waals surface area contributed by atoms with Gasteiger partial charge in [-0.05, 0) is 12.0 Å². The van der Waals surface area contributed by atoms with Crippen LogP contribution in [0.1, 0.15) is 24.7 Å². The minimum Gasteiger partial charge on any atom is -0.300 e. The van der Waals surface area contributed by atoms with E-state index in [2.05, 4.69) is 39.6 Å². The van der Waals surface area contributed by atoms with Crippen LogP contribution in [0.3, 0.4) is 0 Å². The van der Waals surface area contributed by atoms with Gasteiger partial charge in [0.05, 0.1) is 5.69 Å². The summed E-state index contributed by atoms with van der Waals surface area (Å²) < 4.78 is 1.39. The van der Waals surface area contributed by atoms with Gasteiger partial charge in [-0.25, -0.2) is 4.98 Å². The Morgan fingerprint density at radius 2 is 2.16 bits per heavy atom. The first kappa shape index (κ1) is 16.8. The second-order valence-electron chi connectivity index (χ2n) is 5.43. The molecule has 1 aromatic carbocycles. The highest BCUT2D eigenvalue weighted by atomic mass is 32.1. The predicted octanol–water partition coefficient (Wildman–Crippen LogP) is 2.86. The minimum absolute atomic E-state index is 0.0312. The summed E-state index contributed by atoms with van der Waals surface area (Å²) in [6.07, 6.45) is 3.53. The minimum atomic E-state index is -0.282. The van der Waals surface area contributed by atoms with E-state index in [0.29, 0.717) is 5.13 Å².